The Hall–Kier alpha value is -1.49. The number of halogens is 2. The molecule has 0 aliphatic heterocycles. The van der Waals surface area contributed by atoms with Gasteiger partial charge in [0.05, 0.1) is 10.2 Å². The lowest BCUT2D eigenvalue weighted by atomic mass is 10.1. The van der Waals surface area contributed by atoms with Gasteiger partial charge in [0, 0.05) is 11.5 Å². The third kappa shape index (κ3) is 2.34. The predicted molar refractivity (Wildman–Crippen MR) is 76.3 cm³/mol. The molecule has 2 N–H and O–H groups in total. The standard InChI is InChI=1S/C14H13BrFN3/c1-7-2-3-9(6-10(7)16)14-18-12(8-4-5-8)11(15)13(17)19-14/h2-3,6,8H,4-5H2,1H3,(H2,17,18,19). The minimum absolute atomic E-state index is 0.254. The van der Waals surface area contributed by atoms with E-state index in [9.17, 15) is 4.39 Å². The Labute approximate surface area is 119 Å². The monoisotopic (exact) mass is 321 g/mol. The summed E-state index contributed by atoms with van der Waals surface area (Å²) in [6.07, 6.45) is 2.24. The van der Waals surface area contributed by atoms with E-state index in [1.807, 2.05) is 6.07 Å². The summed E-state index contributed by atoms with van der Waals surface area (Å²) in [6, 6.07) is 5.00. The van der Waals surface area contributed by atoms with Crippen molar-refractivity contribution in [3.05, 3.63) is 39.7 Å². The van der Waals surface area contributed by atoms with Crippen molar-refractivity contribution in [1.82, 2.24) is 9.97 Å². The summed E-state index contributed by atoms with van der Waals surface area (Å²) in [5, 5.41) is 0. The van der Waals surface area contributed by atoms with E-state index >= 15 is 0 Å². The molecule has 2 aromatic rings. The van der Waals surface area contributed by atoms with Crippen molar-refractivity contribution in [2.45, 2.75) is 25.7 Å². The highest BCUT2D eigenvalue weighted by Crippen LogP contribution is 2.43. The number of nitrogen functional groups attached to an aromatic ring is 1. The maximum Gasteiger partial charge on any atom is 0.161 e. The fourth-order valence-corrected chi connectivity index (χ4v) is 2.47. The fourth-order valence-electron chi connectivity index (χ4n) is 1.97. The first kappa shape index (κ1) is 12.5. The van der Waals surface area contributed by atoms with Crippen molar-refractivity contribution < 1.29 is 4.39 Å². The molecule has 19 heavy (non-hydrogen) atoms. The maximum absolute atomic E-state index is 13.6. The molecule has 5 heteroatoms. The molecule has 3 nitrogen and oxygen atoms in total. The average Bonchev–Trinajstić information content (AvgIpc) is 3.20. The van der Waals surface area contributed by atoms with E-state index in [4.69, 9.17) is 5.73 Å². The number of aromatic nitrogens is 2. The van der Waals surface area contributed by atoms with Crippen LogP contribution in [0.4, 0.5) is 10.2 Å². The van der Waals surface area contributed by atoms with Crippen molar-refractivity contribution in [3.8, 4) is 11.4 Å². The van der Waals surface area contributed by atoms with E-state index in [1.165, 1.54) is 6.07 Å². The van der Waals surface area contributed by atoms with Gasteiger partial charge in [0.1, 0.15) is 11.6 Å². The molecule has 1 aromatic carbocycles. The van der Waals surface area contributed by atoms with Gasteiger partial charge in [-0.3, -0.25) is 0 Å². The molecule has 0 atom stereocenters. The molecule has 98 valence electrons. The van der Waals surface area contributed by atoms with Crippen molar-refractivity contribution in [2.24, 2.45) is 0 Å². The second-order valence-corrected chi connectivity index (χ2v) is 5.66. The summed E-state index contributed by atoms with van der Waals surface area (Å²) >= 11 is 3.43. The van der Waals surface area contributed by atoms with E-state index in [0.29, 0.717) is 28.7 Å². The van der Waals surface area contributed by atoms with Gasteiger partial charge in [-0.15, -0.1) is 0 Å². The third-order valence-corrected chi connectivity index (χ3v) is 4.11. The van der Waals surface area contributed by atoms with Crippen LogP contribution in [0.5, 0.6) is 0 Å². The number of nitrogens with zero attached hydrogens (tertiary/aromatic N) is 2. The second kappa shape index (κ2) is 4.56. The SMILES string of the molecule is Cc1ccc(-c2nc(N)c(Br)c(C3CC3)n2)cc1F. The minimum atomic E-state index is -0.254. The van der Waals surface area contributed by atoms with Gasteiger partial charge in [-0.25, -0.2) is 14.4 Å². The van der Waals surface area contributed by atoms with Crippen molar-refractivity contribution in [3.63, 3.8) is 0 Å². The lowest BCUT2D eigenvalue weighted by Gasteiger charge is -2.09. The van der Waals surface area contributed by atoms with Gasteiger partial charge in [-0.05, 0) is 47.3 Å². The van der Waals surface area contributed by atoms with Gasteiger partial charge in [0.25, 0.3) is 0 Å². The fraction of sp³-hybridized carbons (Fsp3) is 0.286. The van der Waals surface area contributed by atoms with E-state index in [0.717, 1.165) is 23.0 Å². The van der Waals surface area contributed by atoms with Crippen LogP contribution in [0.1, 0.15) is 30.0 Å². The molecule has 0 saturated heterocycles. The summed E-state index contributed by atoms with van der Waals surface area (Å²) in [5.74, 6) is 1.10. The molecule has 1 aliphatic carbocycles. The van der Waals surface area contributed by atoms with E-state index in [1.54, 1.807) is 13.0 Å². The van der Waals surface area contributed by atoms with Crippen LogP contribution in [0, 0.1) is 12.7 Å². The molecule has 1 aromatic heterocycles. The molecule has 1 fully saturated rings. The smallest absolute Gasteiger partial charge is 0.161 e. The molecule has 0 unspecified atom stereocenters. The van der Waals surface area contributed by atoms with Crippen LogP contribution in [0.25, 0.3) is 11.4 Å². The highest BCUT2D eigenvalue weighted by molar-refractivity contribution is 9.10. The number of benzene rings is 1. The number of aryl methyl sites for hydroxylation is 1. The first-order chi connectivity index (χ1) is 9.06. The number of hydrogen-bond acceptors (Lipinski definition) is 3. The highest BCUT2D eigenvalue weighted by Gasteiger charge is 2.29. The maximum atomic E-state index is 13.6. The Balaban J connectivity index is 2.11. The zero-order chi connectivity index (χ0) is 13.6. The van der Waals surface area contributed by atoms with Gasteiger partial charge >= 0.3 is 0 Å². The summed E-state index contributed by atoms with van der Waals surface area (Å²) in [4.78, 5) is 8.77. The van der Waals surface area contributed by atoms with Crippen molar-refractivity contribution in [1.29, 1.82) is 0 Å². The summed E-state index contributed by atoms with van der Waals surface area (Å²) in [7, 11) is 0. The van der Waals surface area contributed by atoms with E-state index in [-0.39, 0.29) is 5.82 Å². The lowest BCUT2D eigenvalue weighted by molar-refractivity contribution is 0.619. The number of anilines is 1. The van der Waals surface area contributed by atoms with Gasteiger partial charge in [0.2, 0.25) is 0 Å². The topological polar surface area (TPSA) is 51.8 Å². The molecule has 1 saturated carbocycles. The second-order valence-electron chi connectivity index (χ2n) is 4.87. The Morgan fingerprint density at radius 1 is 1.32 bits per heavy atom. The minimum Gasteiger partial charge on any atom is -0.383 e. The normalized spacial score (nSPS) is 14.7. The molecule has 1 heterocycles. The van der Waals surface area contributed by atoms with Crippen LogP contribution in [-0.2, 0) is 0 Å². The van der Waals surface area contributed by atoms with Crippen LogP contribution < -0.4 is 5.73 Å². The Morgan fingerprint density at radius 2 is 2.05 bits per heavy atom. The van der Waals surface area contributed by atoms with Crippen LogP contribution >= 0.6 is 15.9 Å². The molecule has 0 bridgehead atoms. The average molecular weight is 322 g/mol. The third-order valence-electron chi connectivity index (χ3n) is 3.30. The van der Waals surface area contributed by atoms with Crippen LogP contribution in [0.15, 0.2) is 22.7 Å². The lowest BCUT2D eigenvalue weighted by Crippen LogP contribution is -2.02. The predicted octanol–water partition coefficient (Wildman–Crippen LogP) is 3.81. The molecule has 0 spiro atoms. The van der Waals surface area contributed by atoms with Crippen LogP contribution in [0.3, 0.4) is 0 Å². The van der Waals surface area contributed by atoms with Crippen LogP contribution in [0.2, 0.25) is 0 Å². The summed E-state index contributed by atoms with van der Waals surface area (Å²) < 4.78 is 14.4. The zero-order valence-corrected chi connectivity index (χ0v) is 12.0. The molecular formula is C14H13BrFN3. The van der Waals surface area contributed by atoms with Gasteiger partial charge < -0.3 is 5.73 Å². The van der Waals surface area contributed by atoms with Gasteiger partial charge in [-0.1, -0.05) is 12.1 Å². The Bertz CT molecular complexity index is 653. The first-order valence-electron chi connectivity index (χ1n) is 6.15. The Kier molecular flexibility index (Phi) is 3.01. The number of rotatable bonds is 2. The van der Waals surface area contributed by atoms with Gasteiger partial charge in [-0.2, -0.15) is 0 Å². The van der Waals surface area contributed by atoms with Gasteiger partial charge in [0.15, 0.2) is 5.82 Å². The first-order valence-corrected chi connectivity index (χ1v) is 6.95. The Morgan fingerprint density at radius 3 is 2.68 bits per heavy atom. The molecule has 1 aliphatic rings. The van der Waals surface area contributed by atoms with Crippen molar-refractivity contribution >= 4 is 21.7 Å². The van der Waals surface area contributed by atoms with Crippen LogP contribution in [-0.4, -0.2) is 9.97 Å². The van der Waals surface area contributed by atoms with Crippen molar-refractivity contribution in [2.75, 3.05) is 5.73 Å². The number of nitrogens with two attached hydrogens (primary N) is 1. The molecule has 3 rings (SSSR count). The largest absolute Gasteiger partial charge is 0.383 e. The van der Waals surface area contributed by atoms with E-state index < -0.39 is 0 Å². The zero-order valence-electron chi connectivity index (χ0n) is 10.5. The highest BCUT2D eigenvalue weighted by atomic mass is 79.9. The summed E-state index contributed by atoms with van der Waals surface area (Å²) in [6.45, 7) is 1.73. The summed E-state index contributed by atoms with van der Waals surface area (Å²) in [5.41, 5.74) is 8.10. The quantitative estimate of drug-likeness (QED) is 0.914. The molecular weight excluding hydrogens is 309 g/mol. The number of hydrogen-bond donors (Lipinski definition) is 1. The van der Waals surface area contributed by atoms with E-state index in [2.05, 4.69) is 25.9 Å². The molecule has 0 radical (unpaired) electrons. The molecule has 0 amide bonds.